The van der Waals surface area contributed by atoms with Crippen LogP contribution in [0.3, 0.4) is 0 Å². The van der Waals surface area contributed by atoms with Crippen molar-refractivity contribution in [2.24, 2.45) is 10.7 Å². The minimum Gasteiger partial charge on any atom is -0.370 e. The highest BCUT2D eigenvalue weighted by Gasteiger charge is 2.25. The predicted octanol–water partition coefficient (Wildman–Crippen LogP) is 4.09. The number of benzene rings is 1. The number of aliphatic imine (C=N–C) groups is 1. The molecule has 116 valence electrons. The zero-order valence-electron chi connectivity index (χ0n) is 12.5. The predicted molar refractivity (Wildman–Crippen MR) is 93.8 cm³/mol. The highest BCUT2D eigenvalue weighted by Crippen LogP contribution is 2.35. The van der Waals surface area contributed by atoms with Gasteiger partial charge in [-0.25, -0.2) is 4.98 Å². The molecule has 0 saturated heterocycles. The second kappa shape index (κ2) is 6.99. The van der Waals surface area contributed by atoms with Crippen LogP contribution in [0.15, 0.2) is 47.6 Å². The zero-order valence-corrected chi connectivity index (χ0v) is 14.0. The van der Waals surface area contributed by atoms with Crippen LogP contribution in [0.4, 0.5) is 5.82 Å². The lowest BCUT2D eigenvalue weighted by Crippen LogP contribution is -2.28. The number of nitrogens with zero attached hydrogens (tertiary/aromatic N) is 2. The van der Waals surface area contributed by atoms with Gasteiger partial charge < -0.3 is 11.1 Å². The van der Waals surface area contributed by atoms with E-state index in [1.54, 1.807) is 6.20 Å². The second-order valence-corrected chi connectivity index (χ2v) is 6.34. The van der Waals surface area contributed by atoms with Gasteiger partial charge in [0.25, 0.3) is 0 Å². The summed E-state index contributed by atoms with van der Waals surface area (Å²) in [6, 6.07) is 11.0. The molecule has 0 bridgehead atoms. The molecular formula is C16H18Cl2N4. The van der Waals surface area contributed by atoms with E-state index in [0.29, 0.717) is 28.4 Å². The number of nitrogens with two attached hydrogens (primary N) is 1. The Morgan fingerprint density at radius 2 is 1.86 bits per heavy atom. The van der Waals surface area contributed by atoms with E-state index in [4.69, 9.17) is 28.9 Å². The molecule has 0 unspecified atom stereocenters. The summed E-state index contributed by atoms with van der Waals surface area (Å²) in [5.74, 6) is 0.951. The smallest absolute Gasteiger partial charge is 0.194 e. The number of aromatic nitrogens is 1. The summed E-state index contributed by atoms with van der Waals surface area (Å²) in [6.07, 6.45) is 1.68. The molecule has 1 aromatic carbocycles. The average Bonchev–Trinajstić information content (AvgIpc) is 2.46. The van der Waals surface area contributed by atoms with Crippen molar-refractivity contribution in [1.29, 1.82) is 0 Å². The van der Waals surface area contributed by atoms with E-state index in [9.17, 15) is 0 Å². The van der Waals surface area contributed by atoms with Gasteiger partial charge in [-0.3, -0.25) is 4.99 Å². The van der Waals surface area contributed by atoms with Crippen LogP contribution in [0.25, 0.3) is 0 Å². The Hall–Kier alpha value is -1.78. The quantitative estimate of drug-likeness (QED) is 0.652. The number of rotatable bonds is 4. The summed E-state index contributed by atoms with van der Waals surface area (Å²) in [6.45, 7) is 4.50. The minimum absolute atomic E-state index is 0.301. The van der Waals surface area contributed by atoms with E-state index < -0.39 is 0 Å². The molecule has 4 nitrogen and oxygen atoms in total. The Morgan fingerprint density at radius 3 is 2.45 bits per heavy atom. The lowest BCUT2D eigenvalue weighted by Gasteiger charge is -2.25. The third kappa shape index (κ3) is 4.12. The molecule has 0 aliphatic carbocycles. The fraction of sp³-hybridized carbons (Fsp3) is 0.250. The topological polar surface area (TPSA) is 63.3 Å². The molecule has 2 aromatic rings. The molecule has 0 aliphatic heterocycles. The van der Waals surface area contributed by atoms with Crippen LogP contribution in [0.5, 0.6) is 0 Å². The molecular weight excluding hydrogens is 319 g/mol. The van der Waals surface area contributed by atoms with Crippen LogP contribution in [0, 0.1) is 0 Å². The number of anilines is 1. The van der Waals surface area contributed by atoms with Crippen LogP contribution in [-0.4, -0.2) is 17.5 Å². The van der Waals surface area contributed by atoms with Gasteiger partial charge in [0.1, 0.15) is 5.82 Å². The molecule has 1 heterocycles. The molecule has 2 rings (SSSR count). The van der Waals surface area contributed by atoms with Crippen molar-refractivity contribution in [1.82, 2.24) is 4.98 Å². The van der Waals surface area contributed by atoms with E-state index in [1.165, 1.54) is 0 Å². The fourth-order valence-corrected chi connectivity index (χ4v) is 3.02. The third-order valence-electron chi connectivity index (χ3n) is 3.21. The van der Waals surface area contributed by atoms with Crippen LogP contribution in [0.1, 0.15) is 19.4 Å². The number of nitrogens with one attached hydrogen (secondary N) is 1. The third-order valence-corrected chi connectivity index (χ3v) is 3.84. The summed E-state index contributed by atoms with van der Waals surface area (Å²) in [5.41, 5.74) is 6.43. The first kappa shape index (κ1) is 16.6. The first-order valence-electron chi connectivity index (χ1n) is 6.82. The van der Waals surface area contributed by atoms with Crippen molar-refractivity contribution < 1.29 is 0 Å². The first-order chi connectivity index (χ1) is 10.4. The Bertz CT molecular complexity index is 649. The molecule has 22 heavy (non-hydrogen) atoms. The number of halogens is 2. The maximum absolute atomic E-state index is 6.27. The Balaban J connectivity index is 2.13. The van der Waals surface area contributed by atoms with Crippen molar-refractivity contribution in [3.8, 4) is 0 Å². The maximum Gasteiger partial charge on any atom is 0.194 e. The molecule has 0 spiro atoms. The molecule has 6 heteroatoms. The molecule has 3 N–H and O–H groups in total. The van der Waals surface area contributed by atoms with E-state index in [1.807, 2.05) is 50.2 Å². The van der Waals surface area contributed by atoms with Gasteiger partial charge in [0.05, 0.1) is 6.54 Å². The molecule has 0 aliphatic rings. The molecule has 1 aromatic heterocycles. The van der Waals surface area contributed by atoms with Crippen molar-refractivity contribution in [3.05, 3.63) is 58.2 Å². The lowest BCUT2D eigenvalue weighted by molar-refractivity contribution is 0.540. The number of hydrogen-bond acceptors (Lipinski definition) is 2. The number of hydrogen-bond donors (Lipinski definition) is 2. The van der Waals surface area contributed by atoms with E-state index in [2.05, 4.69) is 15.3 Å². The second-order valence-electron chi connectivity index (χ2n) is 5.52. The van der Waals surface area contributed by atoms with E-state index in [-0.39, 0.29) is 5.41 Å². The highest BCUT2D eigenvalue weighted by molar-refractivity contribution is 6.36. The summed E-state index contributed by atoms with van der Waals surface area (Å²) < 4.78 is 0. The molecule has 0 radical (unpaired) electrons. The largest absolute Gasteiger partial charge is 0.370 e. The lowest BCUT2D eigenvalue weighted by atomic mass is 9.84. The average molecular weight is 337 g/mol. The van der Waals surface area contributed by atoms with Gasteiger partial charge in [0.15, 0.2) is 5.96 Å². The van der Waals surface area contributed by atoms with E-state index >= 15 is 0 Å². The van der Waals surface area contributed by atoms with Crippen LogP contribution in [0.2, 0.25) is 10.0 Å². The summed E-state index contributed by atoms with van der Waals surface area (Å²) >= 11 is 12.5. The van der Waals surface area contributed by atoms with Gasteiger partial charge in [0.2, 0.25) is 0 Å². The monoisotopic (exact) mass is 336 g/mol. The zero-order chi connectivity index (χ0) is 16.2. The molecule has 0 saturated carbocycles. The standard InChI is InChI=1S/C16H18Cl2N4/c1-16(2,14-11(17)6-5-7-12(14)18)10-21-15(19)22-13-8-3-4-9-20-13/h3-9H,10H2,1-2H3,(H3,19,20,21,22). The Morgan fingerprint density at radius 1 is 1.18 bits per heavy atom. The summed E-state index contributed by atoms with van der Waals surface area (Å²) in [4.78, 5) is 8.51. The molecule has 0 atom stereocenters. The van der Waals surface area contributed by atoms with Crippen LogP contribution >= 0.6 is 23.2 Å². The number of pyridine rings is 1. The fourth-order valence-electron chi connectivity index (χ4n) is 2.11. The maximum atomic E-state index is 6.27. The van der Waals surface area contributed by atoms with Gasteiger partial charge in [-0.15, -0.1) is 0 Å². The van der Waals surface area contributed by atoms with Gasteiger partial charge in [-0.05, 0) is 29.8 Å². The first-order valence-corrected chi connectivity index (χ1v) is 7.58. The van der Waals surface area contributed by atoms with E-state index in [0.717, 1.165) is 5.56 Å². The molecule has 0 amide bonds. The number of guanidine groups is 1. The highest BCUT2D eigenvalue weighted by atomic mass is 35.5. The van der Waals surface area contributed by atoms with Gasteiger partial charge in [-0.2, -0.15) is 0 Å². The Labute approximate surface area is 140 Å². The summed E-state index contributed by atoms with van der Waals surface area (Å²) in [7, 11) is 0. The van der Waals surface area contributed by atoms with Gasteiger partial charge in [0, 0.05) is 21.7 Å². The van der Waals surface area contributed by atoms with Crippen molar-refractivity contribution >= 4 is 35.0 Å². The van der Waals surface area contributed by atoms with Crippen LogP contribution in [-0.2, 0) is 5.41 Å². The van der Waals surface area contributed by atoms with Crippen molar-refractivity contribution in [2.75, 3.05) is 11.9 Å². The molecule has 0 fully saturated rings. The van der Waals surface area contributed by atoms with Crippen molar-refractivity contribution in [3.63, 3.8) is 0 Å². The SMILES string of the molecule is CC(C)(CN=C(N)Nc1ccccn1)c1c(Cl)cccc1Cl. The van der Waals surface area contributed by atoms with Crippen molar-refractivity contribution in [2.45, 2.75) is 19.3 Å². The summed E-state index contributed by atoms with van der Waals surface area (Å²) in [5, 5.41) is 4.20. The Kier molecular flexibility index (Phi) is 5.27. The minimum atomic E-state index is -0.341. The van der Waals surface area contributed by atoms with Crippen LogP contribution < -0.4 is 11.1 Å². The normalized spacial score (nSPS) is 12.3. The van der Waals surface area contributed by atoms with Gasteiger partial charge in [-0.1, -0.05) is 49.2 Å². The van der Waals surface area contributed by atoms with Gasteiger partial charge >= 0.3 is 0 Å².